The first-order chi connectivity index (χ1) is 32.7. The van der Waals surface area contributed by atoms with E-state index in [9.17, 15) is 4.79 Å². The van der Waals surface area contributed by atoms with Crippen LogP contribution in [-0.2, 0) is 0 Å². The number of nitrogens with two attached hydrogens (primary N) is 1. The molecule has 11 rings (SSSR count). The van der Waals surface area contributed by atoms with Gasteiger partial charge in [0, 0.05) is 26.3 Å². The van der Waals surface area contributed by atoms with Crippen LogP contribution < -0.4 is 23.5 Å². The fraction of sp³-hybridized carbons (Fsp3) is 0.137. The first kappa shape index (κ1) is 49.6. The molecule has 68 heavy (non-hydrogen) atoms. The van der Waals surface area contributed by atoms with Crippen LogP contribution in [0.4, 0.5) is 5.13 Å². The molecule has 0 aliphatic rings. The second kappa shape index (κ2) is 21.9. The van der Waals surface area contributed by atoms with E-state index in [1.54, 1.807) is 59.7 Å². The number of fused-ring (bicyclic) bond motifs is 7. The molecule has 5 heterocycles. The van der Waals surface area contributed by atoms with Gasteiger partial charge in [-0.2, -0.15) is 0 Å². The van der Waals surface area contributed by atoms with Gasteiger partial charge < -0.3 is 15.2 Å². The number of thiazole rings is 3. The summed E-state index contributed by atoms with van der Waals surface area (Å²) in [6.07, 6.45) is 4.22. The number of ether oxygens (including phenoxy) is 3. The molecule has 17 heteroatoms. The zero-order valence-electron chi connectivity index (χ0n) is 37.8. The van der Waals surface area contributed by atoms with E-state index < -0.39 is 18.4 Å². The molecule has 0 atom stereocenters. The van der Waals surface area contributed by atoms with Crippen molar-refractivity contribution < 1.29 is 19.0 Å². The van der Waals surface area contributed by atoms with Crippen molar-refractivity contribution in [2.45, 2.75) is 14.8 Å². The number of nitrogen functional groups attached to an aromatic ring is 1. The molecule has 2 N–H and O–H groups in total. The standard InChI is InChI=1S/C16H11BrN2OS.C16H11N2OS.C8H6Br2O.C8H8N2OS.3CH3.Sn/c1-20-12-6-7-14-15(8-12)21-16-18-13(9-19(14)16)10-2-4-11(17)5-3-10;1-19-12-7-8-14-15(9-12)20-16-17-13(10-18(14)16)11-5-3-2-4-6-11;9-5-8(11)6-1-3-7(10)4-2-6;1-11-5-2-3-6-7(4-5)12-8(9)10-6;;;;/h2-9H,1H3;3-10H,1H3;1-4H,5H2;2-4H,1H3,(H2,9,10);3*1H3;. The van der Waals surface area contributed by atoms with Crippen LogP contribution in [0.3, 0.4) is 0 Å². The van der Waals surface area contributed by atoms with Gasteiger partial charge in [0.25, 0.3) is 0 Å². The Balaban J connectivity index is 0.000000129. The van der Waals surface area contributed by atoms with E-state index in [0.29, 0.717) is 10.5 Å². The Labute approximate surface area is 435 Å². The summed E-state index contributed by atoms with van der Waals surface area (Å²) in [6.45, 7) is 0. The number of methoxy groups -OCH3 is 3. The molecule has 346 valence electrons. The Bertz CT molecular complexity index is 3510. The molecule has 0 bridgehead atoms. The maximum absolute atomic E-state index is 11.1. The van der Waals surface area contributed by atoms with Crippen molar-refractivity contribution in [1.29, 1.82) is 0 Å². The number of hydrogen-bond donors (Lipinski definition) is 1. The van der Waals surface area contributed by atoms with Gasteiger partial charge in [-0.1, -0.05) is 94.7 Å². The van der Waals surface area contributed by atoms with Crippen molar-refractivity contribution in [3.8, 4) is 39.8 Å². The number of halogens is 3. The number of carbonyl (C=O) groups is 1. The van der Waals surface area contributed by atoms with Crippen LogP contribution in [0, 0.1) is 0 Å². The number of imidazole rings is 2. The maximum atomic E-state index is 11.1. The van der Waals surface area contributed by atoms with Crippen molar-refractivity contribution in [2.75, 3.05) is 32.4 Å². The first-order valence-electron chi connectivity index (χ1n) is 21.1. The Kier molecular flexibility index (Phi) is 15.9. The van der Waals surface area contributed by atoms with Gasteiger partial charge in [-0.05, 0) is 60.7 Å². The number of rotatable bonds is 8. The number of benzene rings is 6. The van der Waals surface area contributed by atoms with E-state index in [0.717, 1.165) is 74.4 Å². The summed E-state index contributed by atoms with van der Waals surface area (Å²) < 4.78 is 27.0. The summed E-state index contributed by atoms with van der Waals surface area (Å²) in [5, 5.41) is 0.979. The molecule has 0 unspecified atom stereocenters. The zero-order chi connectivity index (χ0) is 48.1. The number of anilines is 1. The molecule has 0 saturated carbocycles. The fourth-order valence-electron chi connectivity index (χ4n) is 7.02. The quantitative estimate of drug-likeness (QED) is 0.0908. The predicted molar refractivity (Wildman–Crippen MR) is 299 cm³/mol. The van der Waals surface area contributed by atoms with Gasteiger partial charge >= 0.3 is 143 Å². The van der Waals surface area contributed by atoms with Gasteiger partial charge in [-0.15, -0.1) is 0 Å². The molecular weight excluding hydrogens is 1220 g/mol. The molecule has 5 aromatic heterocycles. The third-order valence-corrected chi connectivity index (χ3v) is 21.0. The first-order valence-corrected chi connectivity index (χ1v) is 36.2. The number of alkyl halides is 1. The Hall–Kier alpha value is -4.82. The van der Waals surface area contributed by atoms with Crippen LogP contribution >= 0.6 is 81.8 Å². The van der Waals surface area contributed by atoms with Crippen LogP contribution in [0.2, 0.25) is 14.8 Å². The average Bonchev–Trinajstić information content (AvgIpc) is 4.18. The fourth-order valence-corrected chi connectivity index (χ4v) is 14.0. The molecule has 10 nitrogen and oxygen atoms in total. The molecular formula is C51H45Br3N6O4S3Sn. The number of carbonyl (C=O) groups excluding carboxylic acids is 1. The van der Waals surface area contributed by atoms with Crippen LogP contribution in [0.1, 0.15) is 10.4 Å². The molecule has 0 spiro atoms. The molecule has 0 fully saturated rings. The molecule has 0 aliphatic carbocycles. The normalized spacial score (nSPS) is 11.2. The second-order valence-corrected chi connectivity index (χ2v) is 36.2. The van der Waals surface area contributed by atoms with Crippen molar-refractivity contribution >= 4 is 155 Å². The summed E-state index contributed by atoms with van der Waals surface area (Å²) in [4.78, 5) is 34.1. The van der Waals surface area contributed by atoms with E-state index in [1.807, 2.05) is 60.7 Å². The third-order valence-electron chi connectivity index (χ3n) is 10.7. The number of aromatic nitrogens is 5. The molecule has 0 saturated heterocycles. The van der Waals surface area contributed by atoms with Crippen molar-refractivity contribution in [1.82, 2.24) is 23.8 Å². The SMILES string of the molecule is COc1ccc2c(c1)sc1nc(-c3cc[c]([Sn]([CH3])([CH3])[CH3])cc3)cn12.COc1ccc2c(c1)sc1nc(-c3ccc(Br)cc3)cn12.COc1ccc2nc(N)sc2c1.O=C(CBr)c1ccc(Br)cc1. The van der Waals surface area contributed by atoms with E-state index in [4.69, 9.17) is 29.9 Å². The van der Waals surface area contributed by atoms with E-state index in [1.165, 1.54) is 31.8 Å². The van der Waals surface area contributed by atoms with E-state index >= 15 is 0 Å². The van der Waals surface area contributed by atoms with Gasteiger partial charge in [0.2, 0.25) is 0 Å². The van der Waals surface area contributed by atoms with Crippen molar-refractivity contribution in [2.24, 2.45) is 0 Å². The largest absolute Gasteiger partial charge is 0.497 e. The van der Waals surface area contributed by atoms with Gasteiger partial charge in [0.05, 0.1) is 52.8 Å². The topological polar surface area (TPSA) is 118 Å². The summed E-state index contributed by atoms with van der Waals surface area (Å²) in [7, 11) is 5.03. The predicted octanol–water partition coefficient (Wildman–Crippen LogP) is 14.7. The number of nitrogens with zero attached hydrogens (tertiary/aromatic N) is 5. The number of Topliss-reactive ketones (excluding diaryl/α,β-unsaturated/α-hetero) is 1. The van der Waals surface area contributed by atoms with Crippen LogP contribution in [0.5, 0.6) is 17.2 Å². The smallest absolute Gasteiger partial charge is 0.195 e. The van der Waals surface area contributed by atoms with Crippen LogP contribution in [-0.4, -0.2) is 74.6 Å². The van der Waals surface area contributed by atoms with Crippen molar-refractivity contribution in [3.63, 3.8) is 0 Å². The Morgan fingerprint density at radius 3 is 1.49 bits per heavy atom. The Morgan fingerprint density at radius 1 is 0.588 bits per heavy atom. The summed E-state index contributed by atoms with van der Waals surface area (Å²) in [5.41, 5.74) is 13.9. The average molecular weight is 1260 g/mol. The molecule has 11 aromatic rings. The van der Waals surface area contributed by atoms with Crippen LogP contribution in [0.25, 0.3) is 63.1 Å². The van der Waals surface area contributed by atoms with Crippen LogP contribution in [0.15, 0.2) is 149 Å². The molecule has 6 aromatic carbocycles. The van der Waals surface area contributed by atoms with Gasteiger partial charge in [0.15, 0.2) is 15.9 Å². The molecule has 0 aliphatic heterocycles. The summed E-state index contributed by atoms with van der Waals surface area (Å²) in [6, 6.07) is 42.5. The van der Waals surface area contributed by atoms with Gasteiger partial charge in [0.1, 0.15) is 11.5 Å². The maximum Gasteiger partial charge on any atom is 0.195 e. The van der Waals surface area contributed by atoms with Crippen molar-refractivity contribution in [3.05, 3.63) is 154 Å². The zero-order valence-corrected chi connectivity index (χ0v) is 47.9. The summed E-state index contributed by atoms with van der Waals surface area (Å²) >= 11 is 12.7. The minimum absolute atomic E-state index is 0.109. The van der Waals surface area contributed by atoms with Gasteiger partial charge in [-0.3, -0.25) is 9.20 Å². The Morgan fingerprint density at radius 2 is 1.03 bits per heavy atom. The third kappa shape index (κ3) is 11.6. The van der Waals surface area contributed by atoms with E-state index in [-0.39, 0.29) is 5.78 Å². The minimum Gasteiger partial charge on any atom is -0.497 e. The number of ketones is 1. The van der Waals surface area contributed by atoms with Gasteiger partial charge in [-0.25, -0.2) is 9.97 Å². The monoisotopic (exact) mass is 1260 g/mol. The minimum atomic E-state index is -1.99. The molecule has 0 amide bonds. The van der Waals surface area contributed by atoms with E-state index in [2.05, 4.69) is 143 Å². The second-order valence-electron chi connectivity index (χ2n) is 16.2. The summed E-state index contributed by atoms with van der Waals surface area (Å²) in [5.74, 6) is 2.71. The molecule has 0 radical (unpaired) electrons. The number of hydrogen-bond acceptors (Lipinski definition) is 11.